The number of carboxylic acids is 1. The van der Waals surface area contributed by atoms with Crippen molar-refractivity contribution in [1.29, 1.82) is 0 Å². The minimum absolute atomic E-state index is 0.0620. The van der Waals surface area contributed by atoms with Crippen LogP contribution in [0.25, 0.3) is 0 Å². The SMILES string of the molecule is CC#CCOc1ccc(C[C@H](NC(=O)C(/C=C/CCCCCCC(=O)CCCCCCC)[C@@](O)(CC(=O)OC(C)OC(=O)N(C)C)C(=O)O)C(=O)OC)cc1. The van der Waals surface area contributed by atoms with Crippen LogP contribution in [0.3, 0.4) is 0 Å². The number of esters is 2. The lowest BCUT2D eigenvalue weighted by atomic mass is 9.82. The number of carbonyl (C=O) groups is 6. The number of ketones is 1. The van der Waals surface area contributed by atoms with Crippen molar-refractivity contribution in [3.63, 3.8) is 0 Å². The number of Topliss-reactive ketones (excluding diaryl/α,β-unsaturated/α-hetero) is 1. The number of nitrogens with zero attached hydrogens (tertiary/aromatic N) is 1. The first kappa shape index (κ1) is 48.1. The average molecular weight is 773 g/mol. The van der Waals surface area contributed by atoms with E-state index in [-0.39, 0.29) is 18.8 Å². The van der Waals surface area contributed by atoms with Crippen LogP contribution in [0.2, 0.25) is 0 Å². The zero-order valence-electron chi connectivity index (χ0n) is 33.2. The third kappa shape index (κ3) is 19.3. The molecule has 2 amide bonds. The van der Waals surface area contributed by atoms with Gasteiger partial charge in [-0.25, -0.2) is 14.4 Å². The molecule has 0 aliphatic rings. The Morgan fingerprint density at radius 1 is 0.927 bits per heavy atom. The number of amides is 2. The minimum atomic E-state index is -3.04. The van der Waals surface area contributed by atoms with Gasteiger partial charge in [0.15, 0.2) is 5.60 Å². The molecule has 4 atom stereocenters. The maximum Gasteiger partial charge on any atom is 0.412 e. The normalized spacial score (nSPS) is 13.6. The molecular weight excluding hydrogens is 712 g/mol. The number of carbonyl (C=O) groups excluding carboxylic acids is 5. The van der Waals surface area contributed by atoms with Gasteiger partial charge in [0.2, 0.25) is 12.2 Å². The number of methoxy groups -OCH3 is 1. The maximum atomic E-state index is 13.9. The van der Waals surface area contributed by atoms with Crippen LogP contribution in [0.15, 0.2) is 36.4 Å². The fraction of sp³-hybridized carbons (Fsp3) is 0.610. The number of rotatable bonds is 27. The molecule has 0 aliphatic heterocycles. The summed E-state index contributed by atoms with van der Waals surface area (Å²) in [7, 11) is 3.94. The highest BCUT2D eigenvalue weighted by Gasteiger charge is 2.50. The molecule has 2 unspecified atom stereocenters. The molecule has 14 heteroatoms. The molecule has 306 valence electrons. The highest BCUT2D eigenvalue weighted by Crippen LogP contribution is 2.27. The topological polar surface area (TPSA) is 195 Å². The zero-order chi connectivity index (χ0) is 41.2. The number of aliphatic carboxylic acids is 1. The molecule has 0 bridgehead atoms. The summed E-state index contributed by atoms with van der Waals surface area (Å²) in [6.07, 6.45) is 9.14. The molecule has 0 heterocycles. The largest absolute Gasteiger partial charge is 0.481 e. The summed E-state index contributed by atoms with van der Waals surface area (Å²) >= 11 is 0. The first-order valence-electron chi connectivity index (χ1n) is 18.9. The minimum Gasteiger partial charge on any atom is -0.481 e. The summed E-state index contributed by atoms with van der Waals surface area (Å²) in [6.45, 7) is 5.25. The third-order valence-corrected chi connectivity index (χ3v) is 8.63. The van der Waals surface area contributed by atoms with Crippen LogP contribution in [0.1, 0.15) is 110 Å². The van der Waals surface area contributed by atoms with Crippen LogP contribution in [-0.2, 0) is 44.6 Å². The third-order valence-electron chi connectivity index (χ3n) is 8.63. The Bertz CT molecular complexity index is 1460. The highest BCUT2D eigenvalue weighted by molar-refractivity contribution is 5.95. The van der Waals surface area contributed by atoms with Crippen LogP contribution < -0.4 is 10.1 Å². The van der Waals surface area contributed by atoms with Crippen molar-refractivity contribution in [3.05, 3.63) is 42.0 Å². The fourth-order valence-corrected chi connectivity index (χ4v) is 5.47. The average Bonchev–Trinajstić information content (AvgIpc) is 3.13. The standard InChI is InChI=1S/C41H60N2O12/c1-7-9-11-14-17-20-32(44)21-18-15-12-13-16-19-22-34(41(51,39(48)49)29-36(45)54-30(3)55-40(50)43(4)5)37(46)42-35(38(47)52-6)28-31-23-25-33(26-24-31)53-27-10-8-2/h19,22-26,30,34-35,51H,7,9,11-18,20-21,27-29H2,1-6H3,(H,42,46)(H,48,49)/b22-19+/t30?,34?,35-,41-/m0/s1. The summed E-state index contributed by atoms with van der Waals surface area (Å²) in [5, 5.41) is 24.2. The van der Waals surface area contributed by atoms with Crippen molar-refractivity contribution in [3.8, 4) is 17.6 Å². The molecule has 0 saturated heterocycles. The van der Waals surface area contributed by atoms with Crippen LogP contribution in [-0.4, -0.2) is 96.5 Å². The van der Waals surface area contributed by atoms with Crippen molar-refractivity contribution in [2.75, 3.05) is 27.8 Å². The van der Waals surface area contributed by atoms with Gasteiger partial charge in [-0.3, -0.25) is 14.4 Å². The van der Waals surface area contributed by atoms with Gasteiger partial charge in [-0.05, 0) is 50.3 Å². The highest BCUT2D eigenvalue weighted by atomic mass is 16.7. The molecule has 55 heavy (non-hydrogen) atoms. The van der Waals surface area contributed by atoms with Crippen molar-refractivity contribution < 1.29 is 57.9 Å². The molecule has 14 nitrogen and oxygen atoms in total. The molecule has 0 fully saturated rings. The smallest absolute Gasteiger partial charge is 0.412 e. The van der Waals surface area contributed by atoms with Gasteiger partial charge in [0.25, 0.3) is 0 Å². The Labute approximate surface area is 325 Å². The predicted octanol–water partition coefficient (Wildman–Crippen LogP) is 5.52. The number of nitrogens with one attached hydrogen (secondary N) is 1. The maximum absolute atomic E-state index is 13.9. The quantitative estimate of drug-likeness (QED) is 0.0334. The number of hydrogen-bond acceptors (Lipinski definition) is 11. The van der Waals surface area contributed by atoms with E-state index in [4.69, 9.17) is 18.9 Å². The lowest BCUT2D eigenvalue weighted by Crippen LogP contribution is -2.55. The fourth-order valence-electron chi connectivity index (χ4n) is 5.47. The van der Waals surface area contributed by atoms with E-state index in [0.717, 1.165) is 57.0 Å². The molecule has 1 aromatic rings. The number of benzene rings is 1. The van der Waals surface area contributed by atoms with Gasteiger partial charge >= 0.3 is 24.0 Å². The molecule has 0 aromatic heterocycles. The Morgan fingerprint density at radius 2 is 1.55 bits per heavy atom. The van der Waals surface area contributed by atoms with Gasteiger partial charge in [0.05, 0.1) is 19.4 Å². The Morgan fingerprint density at radius 3 is 2.11 bits per heavy atom. The van der Waals surface area contributed by atoms with Crippen molar-refractivity contribution in [2.45, 2.75) is 129 Å². The van der Waals surface area contributed by atoms with Crippen LogP contribution in [0.5, 0.6) is 5.75 Å². The molecular formula is C41H60N2O12. The lowest BCUT2D eigenvalue weighted by Gasteiger charge is -2.30. The van der Waals surface area contributed by atoms with Crippen molar-refractivity contribution in [1.82, 2.24) is 10.2 Å². The second-order valence-corrected chi connectivity index (χ2v) is 13.5. The summed E-state index contributed by atoms with van der Waals surface area (Å²) in [5.41, 5.74) is -2.44. The zero-order valence-corrected chi connectivity index (χ0v) is 33.2. The van der Waals surface area contributed by atoms with Gasteiger partial charge in [-0.15, -0.1) is 5.92 Å². The summed E-state index contributed by atoms with van der Waals surface area (Å²) < 4.78 is 20.4. The summed E-state index contributed by atoms with van der Waals surface area (Å²) in [6, 6.07) is 5.36. The molecule has 0 spiro atoms. The summed E-state index contributed by atoms with van der Waals surface area (Å²) in [5.74, 6) is -0.648. The Kier molecular flexibility index (Phi) is 23.5. The number of allylic oxidation sites excluding steroid dienone is 1. The molecule has 0 saturated carbocycles. The molecule has 0 aliphatic carbocycles. The monoisotopic (exact) mass is 772 g/mol. The van der Waals surface area contributed by atoms with E-state index in [1.807, 2.05) is 0 Å². The number of ether oxygens (including phenoxy) is 4. The van der Waals surface area contributed by atoms with Crippen LogP contribution in [0.4, 0.5) is 4.79 Å². The van der Waals surface area contributed by atoms with Crippen LogP contribution in [0, 0.1) is 17.8 Å². The number of aliphatic hydroxyl groups is 1. The van der Waals surface area contributed by atoms with E-state index >= 15 is 0 Å². The molecule has 1 rings (SSSR count). The van der Waals surface area contributed by atoms with Gasteiger partial charge in [-0.1, -0.05) is 75.7 Å². The van der Waals surface area contributed by atoms with Gasteiger partial charge in [-0.2, -0.15) is 0 Å². The lowest BCUT2D eigenvalue weighted by molar-refractivity contribution is -0.182. The number of hydrogen-bond donors (Lipinski definition) is 3. The molecule has 1 aromatic carbocycles. The number of carboxylic acid groups (broad SMARTS) is 1. The van der Waals surface area contributed by atoms with Gasteiger partial charge < -0.3 is 39.4 Å². The van der Waals surface area contributed by atoms with E-state index in [0.29, 0.717) is 37.0 Å². The van der Waals surface area contributed by atoms with E-state index in [1.165, 1.54) is 39.6 Å². The Balaban J connectivity index is 3.13. The van der Waals surface area contributed by atoms with Crippen molar-refractivity contribution >= 4 is 35.7 Å². The molecule has 0 radical (unpaired) electrons. The van der Waals surface area contributed by atoms with Crippen LogP contribution >= 0.6 is 0 Å². The summed E-state index contributed by atoms with van der Waals surface area (Å²) in [4.78, 5) is 77.3. The van der Waals surface area contributed by atoms with Crippen molar-refractivity contribution in [2.24, 2.45) is 5.92 Å². The van der Waals surface area contributed by atoms with E-state index in [2.05, 4.69) is 24.1 Å². The predicted molar refractivity (Wildman–Crippen MR) is 205 cm³/mol. The first-order valence-corrected chi connectivity index (χ1v) is 18.9. The van der Waals surface area contributed by atoms with Gasteiger partial charge in [0, 0.05) is 40.3 Å². The first-order chi connectivity index (χ1) is 26.2. The molecule has 3 N–H and O–H groups in total. The van der Waals surface area contributed by atoms with Gasteiger partial charge in [0.1, 0.15) is 24.2 Å². The second-order valence-electron chi connectivity index (χ2n) is 13.5. The van der Waals surface area contributed by atoms with E-state index in [1.54, 1.807) is 31.2 Å². The Hall–Kier alpha value is -4.90. The number of unbranched alkanes of at least 4 members (excludes halogenated alkanes) is 8. The van der Waals surface area contributed by atoms with E-state index in [9.17, 15) is 39.0 Å². The van der Waals surface area contributed by atoms with E-state index < -0.39 is 60.2 Å². The second kappa shape index (κ2) is 26.8.